The lowest BCUT2D eigenvalue weighted by molar-refractivity contribution is 0.0697. The van der Waals surface area contributed by atoms with Gasteiger partial charge in [-0.2, -0.15) is 0 Å². The number of likely N-dealkylation sites (tertiary alicyclic amines) is 1. The molecule has 1 fully saturated rings. The zero-order valence-electron chi connectivity index (χ0n) is 21.0. The molecule has 194 valence electrons. The Morgan fingerprint density at radius 2 is 1.68 bits per heavy atom. The van der Waals surface area contributed by atoms with Gasteiger partial charge < -0.3 is 20.1 Å². The average Bonchev–Trinajstić information content (AvgIpc) is 3.36. The Balaban J connectivity index is 1.31. The maximum atomic E-state index is 13.6. The summed E-state index contributed by atoms with van der Waals surface area (Å²) in [6.07, 6.45) is -0.496. The van der Waals surface area contributed by atoms with E-state index in [2.05, 4.69) is 42.6 Å². The van der Waals surface area contributed by atoms with Crippen LogP contribution in [0.4, 0.5) is 9.18 Å². The number of nitrogens with zero attached hydrogens (tertiary/aromatic N) is 1. The minimum Gasteiger partial charge on any atom is -0.478 e. The van der Waals surface area contributed by atoms with Crippen LogP contribution in [0.5, 0.6) is 5.75 Å². The minimum absolute atomic E-state index is 0.00440. The first-order valence-corrected chi connectivity index (χ1v) is 12.7. The monoisotopic (exact) mass is 512 g/mol. The Morgan fingerprint density at radius 1 is 0.974 bits per heavy atom. The fraction of sp³-hybridized carbons (Fsp3) is 0.226. The van der Waals surface area contributed by atoms with E-state index in [9.17, 15) is 14.0 Å². The maximum Gasteiger partial charge on any atom is 0.415 e. The van der Waals surface area contributed by atoms with Gasteiger partial charge in [0.15, 0.2) is 0 Å². The molecule has 5 rings (SSSR count). The number of aromatic carboxylic acids is 1. The first-order chi connectivity index (χ1) is 18.4. The molecule has 1 saturated heterocycles. The van der Waals surface area contributed by atoms with Gasteiger partial charge in [0.2, 0.25) is 0 Å². The molecule has 1 aliphatic heterocycles. The Morgan fingerprint density at radius 3 is 2.42 bits per heavy atom. The Labute approximate surface area is 220 Å². The second kappa shape index (κ2) is 11.0. The first kappa shape index (κ1) is 25.4. The van der Waals surface area contributed by atoms with Crippen LogP contribution < -0.4 is 10.1 Å². The van der Waals surface area contributed by atoms with Gasteiger partial charge in [-0.1, -0.05) is 54.6 Å². The van der Waals surface area contributed by atoms with E-state index >= 15 is 0 Å². The van der Waals surface area contributed by atoms with E-state index in [1.54, 1.807) is 17.0 Å². The van der Waals surface area contributed by atoms with Crippen LogP contribution in [0.25, 0.3) is 10.8 Å². The molecule has 38 heavy (non-hydrogen) atoms. The molecule has 0 unspecified atom stereocenters. The molecule has 0 spiro atoms. The first-order valence-electron chi connectivity index (χ1n) is 12.7. The third-order valence-electron chi connectivity index (χ3n) is 7.28. The number of carbonyl (C=O) groups excluding carboxylic acids is 1. The maximum absolute atomic E-state index is 13.6. The van der Waals surface area contributed by atoms with E-state index < -0.39 is 12.1 Å². The number of ether oxygens (including phenoxy) is 1. The van der Waals surface area contributed by atoms with Gasteiger partial charge >= 0.3 is 12.1 Å². The van der Waals surface area contributed by atoms with Gasteiger partial charge in [0.05, 0.1) is 5.56 Å². The van der Waals surface area contributed by atoms with Crippen LogP contribution in [0.15, 0.2) is 91.0 Å². The van der Waals surface area contributed by atoms with Crippen molar-refractivity contribution in [2.24, 2.45) is 5.92 Å². The third kappa shape index (κ3) is 5.53. The summed E-state index contributed by atoms with van der Waals surface area (Å²) in [6, 6.07) is 26.9. The van der Waals surface area contributed by atoms with Crippen LogP contribution in [0, 0.1) is 11.7 Å². The van der Waals surface area contributed by atoms with Crippen molar-refractivity contribution in [2.75, 3.05) is 19.6 Å². The van der Waals surface area contributed by atoms with Crippen molar-refractivity contribution in [3.8, 4) is 5.75 Å². The van der Waals surface area contributed by atoms with Crippen LogP contribution in [-0.2, 0) is 0 Å². The number of amides is 1. The van der Waals surface area contributed by atoms with E-state index in [1.165, 1.54) is 52.7 Å². The summed E-state index contributed by atoms with van der Waals surface area (Å²) < 4.78 is 19.2. The number of benzene rings is 4. The number of hydrogen-bond donors (Lipinski definition) is 2. The lowest BCUT2D eigenvalue weighted by Crippen LogP contribution is -2.33. The summed E-state index contributed by atoms with van der Waals surface area (Å²) in [7, 11) is 0. The molecule has 0 saturated carbocycles. The second-order valence-corrected chi connectivity index (χ2v) is 9.72. The van der Waals surface area contributed by atoms with Gasteiger partial charge in [-0.05, 0) is 71.1 Å². The summed E-state index contributed by atoms with van der Waals surface area (Å²) in [6.45, 7) is 3.70. The van der Waals surface area contributed by atoms with Crippen LogP contribution >= 0.6 is 0 Å². The zero-order chi connectivity index (χ0) is 26.6. The van der Waals surface area contributed by atoms with E-state index in [0.717, 1.165) is 5.56 Å². The van der Waals surface area contributed by atoms with Gasteiger partial charge in [0.25, 0.3) is 0 Å². The Kier molecular flexibility index (Phi) is 7.38. The van der Waals surface area contributed by atoms with Crippen molar-refractivity contribution in [3.05, 3.63) is 114 Å². The molecule has 1 heterocycles. The van der Waals surface area contributed by atoms with Crippen molar-refractivity contribution in [3.63, 3.8) is 0 Å². The molecule has 0 radical (unpaired) electrons. The number of halogens is 1. The summed E-state index contributed by atoms with van der Waals surface area (Å²) >= 11 is 0. The van der Waals surface area contributed by atoms with Crippen LogP contribution in [-0.4, -0.2) is 41.7 Å². The van der Waals surface area contributed by atoms with Crippen molar-refractivity contribution >= 4 is 22.8 Å². The van der Waals surface area contributed by atoms with Gasteiger partial charge in [-0.25, -0.2) is 14.0 Å². The van der Waals surface area contributed by atoms with Gasteiger partial charge in [-0.3, -0.25) is 0 Å². The number of carboxylic acid groups (broad SMARTS) is 1. The molecule has 0 bridgehead atoms. The Bertz CT molecular complexity index is 1430. The highest BCUT2D eigenvalue weighted by molar-refractivity contribution is 5.88. The highest BCUT2D eigenvalue weighted by Gasteiger charge is 2.37. The van der Waals surface area contributed by atoms with E-state index in [4.69, 9.17) is 9.84 Å². The fourth-order valence-electron chi connectivity index (χ4n) is 5.21. The quantitative estimate of drug-likeness (QED) is 0.306. The normalized spacial score (nSPS) is 17.9. The topological polar surface area (TPSA) is 78.9 Å². The van der Waals surface area contributed by atoms with Gasteiger partial charge in [0.1, 0.15) is 11.6 Å². The number of hydrogen-bond acceptors (Lipinski definition) is 4. The molecule has 6 nitrogen and oxygen atoms in total. The van der Waals surface area contributed by atoms with E-state index in [-0.39, 0.29) is 35.0 Å². The fourth-order valence-corrected chi connectivity index (χ4v) is 5.21. The molecule has 1 amide bonds. The number of carbonyl (C=O) groups is 2. The smallest absolute Gasteiger partial charge is 0.415 e. The molecule has 4 aromatic rings. The molecule has 0 aliphatic carbocycles. The zero-order valence-corrected chi connectivity index (χ0v) is 21.0. The van der Waals surface area contributed by atoms with Crippen molar-refractivity contribution in [1.29, 1.82) is 0 Å². The SMILES string of the molecule is C[C@@H](NC[C@H]1CN(C(=O)Oc2ccc(C(=O)O)cc2)C[C@@H]1c1ccc(F)cc1)c1cccc2ccccc12. The highest BCUT2D eigenvalue weighted by Crippen LogP contribution is 2.34. The lowest BCUT2D eigenvalue weighted by Gasteiger charge is -2.23. The minimum atomic E-state index is -1.04. The van der Waals surface area contributed by atoms with Gasteiger partial charge in [-0.15, -0.1) is 0 Å². The summed E-state index contributed by atoms with van der Waals surface area (Å²) in [4.78, 5) is 25.8. The number of fused-ring (bicyclic) bond motifs is 1. The number of nitrogens with one attached hydrogen (secondary N) is 1. The molecular weight excluding hydrogens is 483 g/mol. The van der Waals surface area contributed by atoms with Crippen molar-refractivity contribution in [2.45, 2.75) is 18.9 Å². The predicted octanol–water partition coefficient (Wildman–Crippen LogP) is 6.24. The van der Waals surface area contributed by atoms with Crippen LogP contribution in [0.2, 0.25) is 0 Å². The summed E-state index contributed by atoms with van der Waals surface area (Å²) in [5.41, 5.74) is 2.30. The molecule has 7 heteroatoms. The number of rotatable bonds is 7. The molecule has 4 aromatic carbocycles. The van der Waals surface area contributed by atoms with Crippen LogP contribution in [0.1, 0.15) is 40.4 Å². The molecule has 0 aromatic heterocycles. The largest absolute Gasteiger partial charge is 0.478 e. The van der Waals surface area contributed by atoms with E-state index in [1.807, 2.05) is 12.1 Å². The van der Waals surface area contributed by atoms with Gasteiger partial charge in [0, 0.05) is 31.6 Å². The molecular formula is C31H29FN2O4. The van der Waals surface area contributed by atoms with Crippen LogP contribution in [0.3, 0.4) is 0 Å². The highest BCUT2D eigenvalue weighted by atomic mass is 19.1. The predicted molar refractivity (Wildman–Crippen MR) is 144 cm³/mol. The average molecular weight is 513 g/mol. The molecule has 3 atom stereocenters. The van der Waals surface area contributed by atoms with Crippen molar-refractivity contribution in [1.82, 2.24) is 10.2 Å². The van der Waals surface area contributed by atoms with Crippen molar-refractivity contribution < 1.29 is 23.8 Å². The lowest BCUT2D eigenvalue weighted by atomic mass is 9.88. The second-order valence-electron chi connectivity index (χ2n) is 9.72. The Hall–Kier alpha value is -4.23. The summed E-state index contributed by atoms with van der Waals surface area (Å²) in [5, 5.41) is 15.1. The van der Waals surface area contributed by atoms with E-state index in [0.29, 0.717) is 19.6 Å². The number of carboxylic acids is 1. The third-order valence-corrected chi connectivity index (χ3v) is 7.28. The summed E-state index contributed by atoms with van der Waals surface area (Å²) in [5.74, 6) is -0.973. The standard InChI is InChI=1S/C31H29FN2O4/c1-20(27-8-4-6-21-5-2-3-7-28(21)27)33-17-24-18-34(19-29(24)22-9-13-25(32)14-10-22)31(37)38-26-15-11-23(12-16-26)30(35)36/h2-16,20,24,29,33H,17-19H2,1H3,(H,35,36)/t20-,24+,29-/m1/s1. The molecule has 2 N–H and O–H groups in total. The molecule has 1 aliphatic rings.